The molecule has 0 saturated carbocycles. The maximum absolute atomic E-state index is 3.67. The topological polar surface area (TPSA) is 15.3 Å². The summed E-state index contributed by atoms with van der Waals surface area (Å²) in [4.78, 5) is 2.67. The molecule has 2 atom stereocenters. The second-order valence-corrected chi connectivity index (χ2v) is 6.50. The van der Waals surface area contributed by atoms with Crippen LogP contribution in [0.4, 0.5) is 0 Å². The van der Waals surface area contributed by atoms with Crippen LogP contribution in [0.25, 0.3) is 0 Å². The van der Waals surface area contributed by atoms with Gasteiger partial charge in [0, 0.05) is 12.6 Å². The molecule has 2 heteroatoms. The first kappa shape index (κ1) is 16.5. The van der Waals surface area contributed by atoms with E-state index in [1.54, 1.807) is 0 Å². The number of nitrogens with one attached hydrogen (secondary N) is 1. The Balaban J connectivity index is 1.88. The summed E-state index contributed by atoms with van der Waals surface area (Å²) in [5.74, 6) is 0.950. The molecule has 1 heterocycles. The number of nitrogens with zero attached hydrogens (tertiary/aromatic N) is 1. The van der Waals surface area contributed by atoms with Gasteiger partial charge in [-0.2, -0.15) is 0 Å². The lowest BCUT2D eigenvalue weighted by Crippen LogP contribution is -2.28. The molecule has 1 N–H and O–H groups in total. The Morgan fingerprint density at radius 1 is 1.29 bits per heavy atom. The fourth-order valence-corrected chi connectivity index (χ4v) is 3.66. The highest BCUT2D eigenvalue weighted by atomic mass is 15.1. The molecule has 0 aromatic heterocycles. The quantitative estimate of drug-likeness (QED) is 0.773. The summed E-state index contributed by atoms with van der Waals surface area (Å²) in [7, 11) is 0. The highest BCUT2D eigenvalue weighted by Gasteiger charge is 2.22. The molecule has 1 fully saturated rings. The van der Waals surface area contributed by atoms with Crippen molar-refractivity contribution in [2.24, 2.45) is 5.92 Å². The largest absolute Gasteiger partial charge is 0.310 e. The van der Waals surface area contributed by atoms with Crippen molar-refractivity contribution in [2.45, 2.75) is 52.5 Å². The first-order chi connectivity index (χ1) is 10.2. The smallest absolute Gasteiger partial charge is 0.0334 e. The Morgan fingerprint density at radius 3 is 2.81 bits per heavy atom. The third-order valence-electron chi connectivity index (χ3n) is 4.82. The van der Waals surface area contributed by atoms with Gasteiger partial charge >= 0.3 is 0 Å². The average molecular weight is 288 g/mol. The molecular formula is C19H32N2. The van der Waals surface area contributed by atoms with E-state index in [2.05, 4.69) is 55.3 Å². The normalized spacial score (nSPS) is 20.8. The number of hydrogen-bond donors (Lipinski definition) is 1. The molecule has 0 amide bonds. The second-order valence-electron chi connectivity index (χ2n) is 6.50. The summed E-state index contributed by atoms with van der Waals surface area (Å²) < 4.78 is 0. The predicted molar refractivity (Wildman–Crippen MR) is 91.7 cm³/mol. The number of aryl methyl sites for hydroxylation is 1. The minimum atomic E-state index is 0.501. The molecule has 21 heavy (non-hydrogen) atoms. The van der Waals surface area contributed by atoms with E-state index in [0.29, 0.717) is 6.04 Å². The molecule has 1 aliphatic rings. The Morgan fingerprint density at radius 2 is 2.10 bits per heavy atom. The van der Waals surface area contributed by atoms with E-state index >= 15 is 0 Å². The van der Waals surface area contributed by atoms with Crippen LogP contribution in [0.1, 0.15) is 56.7 Å². The van der Waals surface area contributed by atoms with E-state index in [-0.39, 0.29) is 0 Å². The van der Waals surface area contributed by atoms with Crippen molar-refractivity contribution in [1.82, 2.24) is 10.2 Å². The summed E-state index contributed by atoms with van der Waals surface area (Å²) in [6.07, 6.45) is 5.37. The number of hydrogen-bond acceptors (Lipinski definition) is 2. The van der Waals surface area contributed by atoms with Crippen LogP contribution in [0.2, 0.25) is 0 Å². The van der Waals surface area contributed by atoms with Gasteiger partial charge in [0.2, 0.25) is 0 Å². The Labute approximate surface area is 130 Å². The predicted octanol–water partition coefficient (Wildman–Crippen LogP) is 4.16. The van der Waals surface area contributed by atoms with Crippen molar-refractivity contribution in [3.8, 4) is 0 Å². The van der Waals surface area contributed by atoms with Crippen molar-refractivity contribution in [2.75, 3.05) is 26.2 Å². The van der Waals surface area contributed by atoms with Gasteiger partial charge in [-0.05, 0) is 62.9 Å². The molecular weight excluding hydrogens is 256 g/mol. The van der Waals surface area contributed by atoms with Crippen LogP contribution in [-0.2, 0) is 0 Å². The summed E-state index contributed by atoms with van der Waals surface area (Å²) in [5, 5.41) is 3.67. The Kier molecular flexibility index (Phi) is 6.72. The monoisotopic (exact) mass is 288 g/mol. The van der Waals surface area contributed by atoms with Gasteiger partial charge in [-0.1, -0.05) is 44.5 Å². The molecule has 0 aliphatic carbocycles. The van der Waals surface area contributed by atoms with Crippen molar-refractivity contribution >= 4 is 0 Å². The average Bonchev–Trinajstić information content (AvgIpc) is 2.92. The summed E-state index contributed by atoms with van der Waals surface area (Å²) in [6.45, 7) is 11.6. The van der Waals surface area contributed by atoms with Gasteiger partial charge in [-0.25, -0.2) is 0 Å². The molecule has 0 radical (unpaired) electrons. The van der Waals surface area contributed by atoms with Crippen LogP contribution in [0.5, 0.6) is 0 Å². The zero-order chi connectivity index (χ0) is 15.1. The van der Waals surface area contributed by atoms with E-state index in [1.165, 1.54) is 56.4 Å². The van der Waals surface area contributed by atoms with Crippen molar-refractivity contribution in [3.63, 3.8) is 0 Å². The van der Waals surface area contributed by atoms with Gasteiger partial charge < -0.3 is 10.2 Å². The van der Waals surface area contributed by atoms with Crippen LogP contribution in [-0.4, -0.2) is 31.1 Å². The summed E-state index contributed by atoms with van der Waals surface area (Å²) in [5.41, 5.74) is 2.89. The van der Waals surface area contributed by atoms with Gasteiger partial charge in [-0.15, -0.1) is 0 Å². The molecule has 0 bridgehead atoms. The molecule has 2 unspecified atom stereocenters. The fourth-order valence-electron chi connectivity index (χ4n) is 3.66. The maximum atomic E-state index is 3.67. The zero-order valence-corrected chi connectivity index (χ0v) is 14.1. The first-order valence-corrected chi connectivity index (χ1v) is 8.75. The SMILES string of the molecule is CCCC1CCN(CCC(NCC)c2ccccc2C)C1. The lowest BCUT2D eigenvalue weighted by Gasteiger charge is -2.24. The van der Waals surface area contributed by atoms with Gasteiger partial charge in [0.25, 0.3) is 0 Å². The van der Waals surface area contributed by atoms with E-state index < -0.39 is 0 Å². The molecule has 1 aromatic rings. The Hall–Kier alpha value is -0.860. The third-order valence-corrected chi connectivity index (χ3v) is 4.82. The number of benzene rings is 1. The molecule has 1 saturated heterocycles. The summed E-state index contributed by atoms with van der Waals surface area (Å²) >= 11 is 0. The lowest BCUT2D eigenvalue weighted by molar-refractivity contribution is 0.297. The van der Waals surface area contributed by atoms with E-state index in [1.807, 2.05) is 0 Å². The second kappa shape index (κ2) is 8.55. The molecule has 0 spiro atoms. The molecule has 1 aromatic carbocycles. The van der Waals surface area contributed by atoms with Gasteiger partial charge in [-0.3, -0.25) is 0 Å². The van der Waals surface area contributed by atoms with Crippen molar-refractivity contribution < 1.29 is 0 Å². The van der Waals surface area contributed by atoms with E-state index in [4.69, 9.17) is 0 Å². The van der Waals surface area contributed by atoms with E-state index in [0.717, 1.165) is 12.5 Å². The van der Waals surface area contributed by atoms with Crippen molar-refractivity contribution in [3.05, 3.63) is 35.4 Å². The van der Waals surface area contributed by atoms with Crippen LogP contribution in [0.15, 0.2) is 24.3 Å². The third kappa shape index (κ3) is 4.82. The van der Waals surface area contributed by atoms with E-state index in [9.17, 15) is 0 Å². The minimum absolute atomic E-state index is 0.501. The van der Waals surface area contributed by atoms with Crippen molar-refractivity contribution in [1.29, 1.82) is 0 Å². The fraction of sp³-hybridized carbons (Fsp3) is 0.684. The summed E-state index contributed by atoms with van der Waals surface area (Å²) in [6, 6.07) is 9.32. The zero-order valence-electron chi connectivity index (χ0n) is 14.1. The van der Waals surface area contributed by atoms with Gasteiger partial charge in [0.05, 0.1) is 0 Å². The molecule has 118 valence electrons. The highest BCUT2D eigenvalue weighted by molar-refractivity contribution is 5.28. The standard InChI is InChI=1S/C19H32N2/c1-4-8-17-11-13-21(15-17)14-12-19(20-5-2)18-10-7-6-9-16(18)3/h6-7,9-10,17,19-20H,4-5,8,11-15H2,1-3H3. The minimum Gasteiger partial charge on any atom is -0.310 e. The molecule has 2 rings (SSSR count). The van der Waals surface area contributed by atoms with Gasteiger partial charge in [0.1, 0.15) is 0 Å². The number of rotatable bonds is 8. The van der Waals surface area contributed by atoms with Crippen LogP contribution >= 0.6 is 0 Å². The van der Waals surface area contributed by atoms with Crippen LogP contribution in [0.3, 0.4) is 0 Å². The van der Waals surface area contributed by atoms with Crippen LogP contribution < -0.4 is 5.32 Å². The molecule has 2 nitrogen and oxygen atoms in total. The maximum Gasteiger partial charge on any atom is 0.0334 e. The molecule has 1 aliphatic heterocycles. The Bertz CT molecular complexity index is 416. The number of likely N-dealkylation sites (tertiary alicyclic amines) is 1. The first-order valence-electron chi connectivity index (χ1n) is 8.75. The van der Waals surface area contributed by atoms with Gasteiger partial charge in [0.15, 0.2) is 0 Å². The highest BCUT2D eigenvalue weighted by Crippen LogP contribution is 2.24. The lowest BCUT2D eigenvalue weighted by atomic mass is 9.98. The van der Waals surface area contributed by atoms with Crippen LogP contribution in [0, 0.1) is 12.8 Å².